The average molecular weight is 438 g/mol. The van der Waals surface area contributed by atoms with Crippen LogP contribution in [0.2, 0.25) is 0 Å². The van der Waals surface area contributed by atoms with Gasteiger partial charge in [-0.1, -0.05) is 57.7 Å². The zero-order chi connectivity index (χ0) is 22.6. The molecule has 2 aromatic rings. The molecule has 4 nitrogen and oxygen atoms in total. The van der Waals surface area contributed by atoms with Crippen molar-refractivity contribution in [3.63, 3.8) is 0 Å². The number of thioether (sulfide) groups is 1. The van der Waals surface area contributed by atoms with Crippen molar-refractivity contribution in [3.8, 4) is 16.9 Å². The van der Waals surface area contributed by atoms with E-state index in [4.69, 9.17) is 4.74 Å². The largest absolute Gasteiger partial charge is 0.496 e. The van der Waals surface area contributed by atoms with E-state index in [0.29, 0.717) is 0 Å². The summed E-state index contributed by atoms with van der Waals surface area (Å²) in [5.74, 6) is 0.864. The summed E-state index contributed by atoms with van der Waals surface area (Å²) < 4.78 is 5.76. The molecule has 0 spiro atoms. The number of methoxy groups -OCH3 is 1. The molecule has 0 saturated carbocycles. The SMILES string of the molecule is COc1cc(CN2C(=O)CSC2=O)ccc1-c1cc2c(cc1C)C(C)(C)CCC2(C)C. The standard InChI is InChI=1S/C26H31NO3S/c1-16-11-20-21(26(4,5)10-9-25(20,2)3)13-19(16)18-8-7-17(12-22(18)30-6)14-27-23(28)15-31-24(27)29/h7-8,11-13H,9-10,14-15H2,1-6H3. The molecule has 0 atom stereocenters. The van der Waals surface area contributed by atoms with Gasteiger partial charge in [-0.2, -0.15) is 0 Å². The number of carbonyl (C=O) groups excluding carboxylic acids is 2. The molecule has 31 heavy (non-hydrogen) atoms. The van der Waals surface area contributed by atoms with Crippen molar-refractivity contribution in [2.45, 2.75) is 64.8 Å². The summed E-state index contributed by atoms with van der Waals surface area (Å²) in [6, 6.07) is 10.7. The number of amides is 2. The molecule has 0 bridgehead atoms. The minimum Gasteiger partial charge on any atom is -0.496 e. The summed E-state index contributed by atoms with van der Waals surface area (Å²) in [7, 11) is 1.67. The molecule has 0 radical (unpaired) electrons. The Morgan fingerprint density at radius 3 is 2.19 bits per heavy atom. The van der Waals surface area contributed by atoms with Gasteiger partial charge in [-0.3, -0.25) is 14.5 Å². The molecule has 1 fully saturated rings. The molecular weight excluding hydrogens is 406 g/mol. The van der Waals surface area contributed by atoms with Crippen LogP contribution in [-0.2, 0) is 22.2 Å². The van der Waals surface area contributed by atoms with Crippen LogP contribution >= 0.6 is 11.8 Å². The quantitative estimate of drug-likeness (QED) is 0.570. The van der Waals surface area contributed by atoms with Crippen molar-refractivity contribution in [2.24, 2.45) is 0 Å². The molecule has 0 aromatic heterocycles. The number of hydrogen-bond acceptors (Lipinski definition) is 4. The summed E-state index contributed by atoms with van der Waals surface area (Å²) in [5.41, 5.74) is 7.52. The van der Waals surface area contributed by atoms with Crippen molar-refractivity contribution in [1.82, 2.24) is 4.90 Å². The molecule has 4 rings (SSSR count). The van der Waals surface area contributed by atoms with E-state index in [1.54, 1.807) is 7.11 Å². The second-order valence-electron chi connectivity index (χ2n) is 10.0. The highest BCUT2D eigenvalue weighted by atomic mass is 32.2. The third-order valence-electron chi connectivity index (χ3n) is 6.94. The average Bonchev–Trinajstić information content (AvgIpc) is 3.03. The number of ether oxygens (including phenoxy) is 1. The fraction of sp³-hybridized carbons (Fsp3) is 0.462. The first-order chi connectivity index (χ1) is 14.5. The number of benzene rings is 2. The van der Waals surface area contributed by atoms with E-state index >= 15 is 0 Å². The molecule has 2 aliphatic rings. The van der Waals surface area contributed by atoms with E-state index in [0.717, 1.165) is 28.6 Å². The van der Waals surface area contributed by atoms with Crippen LogP contribution in [0, 0.1) is 6.92 Å². The van der Waals surface area contributed by atoms with Gasteiger partial charge in [0.1, 0.15) is 5.75 Å². The van der Waals surface area contributed by atoms with E-state index in [1.165, 1.54) is 40.0 Å². The highest BCUT2D eigenvalue weighted by Crippen LogP contribution is 2.48. The van der Waals surface area contributed by atoms with Crippen molar-refractivity contribution in [2.75, 3.05) is 12.9 Å². The monoisotopic (exact) mass is 437 g/mol. The van der Waals surface area contributed by atoms with Crippen molar-refractivity contribution >= 4 is 22.9 Å². The lowest BCUT2D eigenvalue weighted by molar-refractivity contribution is -0.125. The minimum absolute atomic E-state index is 0.131. The number of carbonyl (C=O) groups is 2. The molecule has 0 N–H and O–H groups in total. The zero-order valence-corrected chi connectivity index (χ0v) is 20.1. The fourth-order valence-electron chi connectivity index (χ4n) is 4.79. The predicted octanol–water partition coefficient (Wildman–Crippen LogP) is 6.22. The molecule has 1 heterocycles. The third kappa shape index (κ3) is 3.89. The summed E-state index contributed by atoms with van der Waals surface area (Å²) in [6.45, 7) is 11.8. The number of rotatable bonds is 4. The van der Waals surface area contributed by atoms with Crippen molar-refractivity contribution in [3.05, 3.63) is 52.6 Å². The van der Waals surface area contributed by atoms with Gasteiger partial charge < -0.3 is 4.74 Å². The van der Waals surface area contributed by atoms with E-state index < -0.39 is 0 Å². The van der Waals surface area contributed by atoms with Crippen LogP contribution in [0.5, 0.6) is 5.75 Å². The Kier molecular flexibility index (Phi) is 5.45. The van der Waals surface area contributed by atoms with Crippen LogP contribution < -0.4 is 4.74 Å². The molecule has 2 amide bonds. The lowest BCUT2D eigenvalue weighted by Gasteiger charge is -2.42. The van der Waals surface area contributed by atoms with Gasteiger partial charge in [0.25, 0.3) is 5.24 Å². The lowest BCUT2D eigenvalue weighted by atomic mass is 9.62. The van der Waals surface area contributed by atoms with Crippen LogP contribution in [-0.4, -0.2) is 28.9 Å². The van der Waals surface area contributed by atoms with E-state index in [9.17, 15) is 9.59 Å². The number of hydrogen-bond donors (Lipinski definition) is 0. The van der Waals surface area contributed by atoms with E-state index in [1.807, 2.05) is 12.1 Å². The molecule has 5 heteroatoms. The van der Waals surface area contributed by atoms with Gasteiger partial charge in [-0.15, -0.1) is 0 Å². The first-order valence-electron chi connectivity index (χ1n) is 10.8. The molecule has 2 aromatic carbocycles. The topological polar surface area (TPSA) is 46.6 Å². The Morgan fingerprint density at radius 1 is 0.968 bits per heavy atom. The van der Waals surface area contributed by atoms with Gasteiger partial charge in [-0.05, 0) is 70.5 Å². The summed E-state index contributed by atoms with van der Waals surface area (Å²) >= 11 is 1.06. The maximum Gasteiger partial charge on any atom is 0.289 e. The Hall–Kier alpha value is -2.27. The van der Waals surface area contributed by atoms with Crippen LogP contribution in [0.25, 0.3) is 11.1 Å². The molecular formula is C26H31NO3S. The number of fused-ring (bicyclic) bond motifs is 1. The number of aryl methyl sites for hydroxylation is 1. The van der Waals surface area contributed by atoms with E-state index in [2.05, 4.69) is 52.8 Å². The lowest BCUT2D eigenvalue weighted by Crippen LogP contribution is -2.34. The molecule has 1 saturated heterocycles. The van der Waals surface area contributed by atoms with E-state index in [-0.39, 0.29) is 34.3 Å². The summed E-state index contributed by atoms with van der Waals surface area (Å²) in [6.07, 6.45) is 2.36. The maximum atomic E-state index is 12.0. The minimum atomic E-state index is -0.177. The molecule has 1 aliphatic heterocycles. The highest BCUT2D eigenvalue weighted by Gasteiger charge is 2.37. The molecule has 0 unspecified atom stereocenters. The fourth-order valence-corrected chi connectivity index (χ4v) is 5.51. The normalized spacial score (nSPS) is 19.5. The Labute approximate surface area is 189 Å². The number of nitrogens with zero attached hydrogens (tertiary/aromatic N) is 1. The number of imide groups is 1. The third-order valence-corrected chi connectivity index (χ3v) is 7.79. The molecule has 164 valence electrons. The maximum absolute atomic E-state index is 12.0. The summed E-state index contributed by atoms with van der Waals surface area (Å²) in [5, 5.41) is -0.177. The van der Waals surface area contributed by atoms with Crippen LogP contribution in [0.4, 0.5) is 4.79 Å². The predicted molar refractivity (Wildman–Crippen MR) is 127 cm³/mol. The van der Waals surface area contributed by atoms with Crippen LogP contribution in [0.3, 0.4) is 0 Å². The van der Waals surface area contributed by atoms with Crippen LogP contribution in [0.15, 0.2) is 30.3 Å². The first kappa shape index (κ1) is 21.9. The highest BCUT2D eigenvalue weighted by molar-refractivity contribution is 8.14. The summed E-state index contributed by atoms with van der Waals surface area (Å²) in [4.78, 5) is 25.3. The smallest absolute Gasteiger partial charge is 0.289 e. The second-order valence-corrected chi connectivity index (χ2v) is 11.0. The molecule has 1 aliphatic carbocycles. The Morgan fingerprint density at radius 2 is 1.61 bits per heavy atom. The second kappa shape index (κ2) is 7.70. The van der Waals surface area contributed by atoms with Gasteiger partial charge in [0.15, 0.2) is 0 Å². The van der Waals surface area contributed by atoms with Crippen molar-refractivity contribution in [1.29, 1.82) is 0 Å². The Bertz CT molecular complexity index is 1050. The van der Waals surface area contributed by atoms with Gasteiger partial charge >= 0.3 is 0 Å². The Balaban J connectivity index is 1.76. The zero-order valence-electron chi connectivity index (χ0n) is 19.3. The first-order valence-corrected chi connectivity index (χ1v) is 11.8. The van der Waals surface area contributed by atoms with Gasteiger partial charge in [-0.25, -0.2) is 0 Å². The van der Waals surface area contributed by atoms with Gasteiger partial charge in [0.2, 0.25) is 5.91 Å². The van der Waals surface area contributed by atoms with Crippen molar-refractivity contribution < 1.29 is 14.3 Å². The van der Waals surface area contributed by atoms with Gasteiger partial charge in [0, 0.05) is 5.56 Å². The van der Waals surface area contributed by atoms with Gasteiger partial charge in [0.05, 0.1) is 19.4 Å². The van der Waals surface area contributed by atoms with Crippen LogP contribution in [0.1, 0.15) is 62.8 Å².